The first kappa shape index (κ1) is 11.9. The summed E-state index contributed by atoms with van der Waals surface area (Å²) >= 11 is 0. The smallest absolute Gasteiger partial charge is 0.238 e. The summed E-state index contributed by atoms with van der Waals surface area (Å²) in [4.78, 5) is 4.01. The average molecular weight is 260 g/mol. The van der Waals surface area contributed by atoms with E-state index in [2.05, 4.69) is 4.98 Å². The molecular weight excluding hydrogens is 246 g/mol. The van der Waals surface area contributed by atoms with Crippen LogP contribution in [0, 0.1) is 6.92 Å². The maximum absolute atomic E-state index is 11.4. The zero-order valence-electron chi connectivity index (χ0n) is 9.11. The normalized spacial score (nSPS) is 18.4. The number of pyridine rings is 1. The van der Waals surface area contributed by atoms with Crippen LogP contribution >= 0.6 is 10.7 Å². The van der Waals surface area contributed by atoms with E-state index >= 15 is 0 Å². The molecule has 2 rings (SSSR count). The summed E-state index contributed by atoms with van der Waals surface area (Å²) in [7, 11) is 2.04. The van der Waals surface area contributed by atoms with E-state index in [4.69, 9.17) is 10.7 Å². The molecule has 88 valence electrons. The van der Waals surface area contributed by atoms with Gasteiger partial charge in [-0.2, -0.15) is 0 Å². The van der Waals surface area contributed by atoms with Crippen molar-refractivity contribution in [1.29, 1.82) is 0 Å². The molecule has 1 aromatic rings. The Hall–Kier alpha value is -0.610. The van der Waals surface area contributed by atoms with Gasteiger partial charge in [0.15, 0.2) is 0 Å². The van der Waals surface area contributed by atoms with Crippen molar-refractivity contribution >= 4 is 19.7 Å². The third-order valence-electron chi connectivity index (χ3n) is 3.31. The maximum Gasteiger partial charge on any atom is 0.238 e. The molecule has 5 heteroatoms. The van der Waals surface area contributed by atoms with Crippen molar-refractivity contribution in [1.82, 2.24) is 4.98 Å². The van der Waals surface area contributed by atoms with Crippen molar-refractivity contribution in [2.24, 2.45) is 0 Å². The van der Waals surface area contributed by atoms with Crippen LogP contribution in [0.5, 0.6) is 0 Å². The summed E-state index contributed by atoms with van der Waals surface area (Å²) in [5, 5.41) is 0. The highest BCUT2D eigenvalue weighted by molar-refractivity contribution is 8.15. The molecule has 0 radical (unpaired) electrons. The Morgan fingerprint density at radius 1 is 1.50 bits per heavy atom. The average Bonchev–Trinajstić information content (AvgIpc) is 2.96. The van der Waals surface area contributed by atoms with E-state index in [1.807, 2.05) is 13.0 Å². The van der Waals surface area contributed by atoms with Gasteiger partial charge in [-0.25, -0.2) is 8.42 Å². The lowest BCUT2D eigenvalue weighted by atomic mass is 10.0. The largest absolute Gasteiger partial charge is 0.264 e. The summed E-state index contributed by atoms with van der Waals surface area (Å²) in [5.41, 5.74) is 2.26. The molecule has 1 saturated carbocycles. The standard InChI is InChI=1S/C11H14ClNO2S/c1-9-8-13-7-3-10(9)2-4-11(5-6-11)16(12,14)15/h3,7-8H,2,4-6H2,1H3. The number of aromatic nitrogens is 1. The van der Waals surface area contributed by atoms with Crippen LogP contribution in [0.15, 0.2) is 18.5 Å². The predicted octanol–water partition coefficient (Wildman–Crippen LogP) is 2.42. The molecule has 3 nitrogen and oxygen atoms in total. The van der Waals surface area contributed by atoms with Crippen molar-refractivity contribution < 1.29 is 8.42 Å². The van der Waals surface area contributed by atoms with Gasteiger partial charge in [-0.1, -0.05) is 0 Å². The van der Waals surface area contributed by atoms with Gasteiger partial charge in [-0.05, 0) is 49.8 Å². The minimum Gasteiger partial charge on any atom is -0.264 e. The third kappa shape index (κ3) is 2.23. The van der Waals surface area contributed by atoms with Crippen LogP contribution in [0.4, 0.5) is 0 Å². The Labute approximate surface area is 100 Å². The van der Waals surface area contributed by atoms with E-state index in [-0.39, 0.29) is 0 Å². The highest BCUT2D eigenvalue weighted by Gasteiger charge is 2.53. The summed E-state index contributed by atoms with van der Waals surface area (Å²) in [6.45, 7) is 1.98. The minimum atomic E-state index is -3.42. The van der Waals surface area contributed by atoms with Crippen molar-refractivity contribution in [3.05, 3.63) is 29.6 Å². The summed E-state index contributed by atoms with van der Waals surface area (Å²) in [6.07, 6.45) is 6.29. The Kier molecular flexibility index (Phi) is 2.97. The predicted molar refractivity (Wildman–Crippen MR) is 64.0 cm³/mol. The van der Waals surface area contributed by atoms with Gasteiger partial charge in [0.2, 0.25) is 9.05 Å². The molecule has 0 amide bonds. The van der Waals surface area contributed by atoms with Gasteiger partial charge in [-0.15, -0.1) is 0 Å². The van der Waals surface area contributed by atoms with Gasteiger partial charge in [0.1, 0.15) is 0 Å². The molecule has 1 fully saturated rings. The van der Waals surface area contributed by atoms with E-state index in [0.717, 1.165) is 17.5 Å². The SMILES string of the molecule is Cc1cnccc1CCC1(S(=O)(=O)Cl)CC1. The van der Waals surface area contributed by atoms with Crippen molar-refractivity contribution in [2.45, 2.75) is 37.4 Å². The van der Waals surface area contributed by atoms with Crippen LogP contribution in [0.25, 0.3) is 0 Å². The third-order valence-corrected chi connectivity index (χ3v) is 5.94. The van der Waals surface area contributed by atoms with Gasteiger partial charge < -0.3 is 0 Å². The van der Waals surface area contributed by atoms with Gasteiger partial charge in [0.25, 0.3) is 0 Å². The number of halogens is 1. The van der Waals surface area contributed by atoms with Gasteiger partial charge >= 0.3 is 0 Å². The van der Waals surface area contributed by atoms with Gasteiger partial charge in [0.05, 0.1) is 4.75 Å². The van der Waals surface area contributed by atoms with Gasteiger partial charge in [-0.3, -0.25) is 4.98 Å². The molecule has 1 heterocycles. The van der Waals surface area contributed by atoms with Crippen LogP contribution in [0.2, 0.25) is 0 Å². The quantitative estimate of drug-likeness (QED) is 0.781. The van der Waals surface area contributed by atoms with Crippen LogP contribution in [0.3, 0.4) is 0 Å². The molecule has 0 N–H and O–H groups in total. The molecule has 0 bridgehead atoms. The summed E-state index contributed by atoms with van der Waals surface area (Å²) < 4.78 is 22.1. The first-order valence-corrected chi connectivity index (χ1v) is 7.59. The lowest BCUT2D eigenvalue weighted by molar-refractivity contribution is 0.582. The van der Waals surface area contributed by atoms with E-state index < -0.39 is 13.8 Å². The maximum atomic E-state index is 11.4. The Morgan fingerprint density at radius 2 is 2.19 bits per heavy atom. The van der Waals surface area contributed by atoms with Crippen molar-refractivity contribution in [3.63, 3.8) is 0 Å². The second-order valence-electron chi connectivity index (χ2n) is 4.42. The van der Waals surface area contributed by atoms with Crippen LogP contribution in [0.1, 0.15) is 30.4 Å². The topological polar surface area (TPSA) is 47.0 Å². The van der Waals surface area contributed by atoms with E-state index in [1.54, 1.807) is 12.4 Å². The number of rotatable bonds is 4. The lowest BCUT2D eigenvalue weighted by Crippen LogP contribution is -2.18. The zero-order valence-corrected chi connectivity index (χ0v) is 10.7. The Morgan fingerprint density at radius 3 is 2.69 bits per heavy atom. The molecule has 0 saturated heterocycles. The molecule has 0 unspecified atom stereocenters. The fraction of sp³-hybridized carbons (Fsp3) is 0.545. The van der Waals surface area contributed by atoms with E-state index in [9.17, 15) is 8.42 Å². The molecular formula is C11H14ClNO2S. The Balaban J connectivity index is 2.07. The fourth-order valence-electron chi connectivity index (χ4n) is 1.90. The second-order valence-corrected chi connectivity index (χ2v) is 7.38. The number of hydrogen-bond acceptors (Lipinski definition) is 3. The Bertz CT molecular complexity index is 494. The number of aryl methyl sites for hydroxylation is 2. The summed E-state index contributed by atoms with van der Waals surface area (Å²) in [6, 6.07) is 1.94. The van der Waals surface area contributed by atoms with Crippen LogP contribution in [-0.4, -0.2) is 18.1 Å². The summed E-state index contributed by atoms with van der Waals surface area (Å²) in [5.74, 6) is 0. The lowest BCUT2D eigenvalue weighted by Gasteiger charge is -2.11. The molecule has 0 spiro atoms. The van der Waals surface area contributed by atoms with E-state index in [0.29, 0.717) is 19.3 Å². The highest BCUT2D eigenvalue weighted by Crippen LogP contribution is 2.49. The monoisotopic (exact) mass is 259 g/mol. The molecule has 1 aliphatic carbocycles. The van der Waals surface area contributed by atoms with Gasteiger partial charge in [0, 0.05) is 23.1 Å². The van der Waals surface area contributed by atoms with Crippen molar-refractivity contribution in [3.8, 4) is 0 Å². The molecule has 0 atom stereocenters. The van der Waals surface area contributed by atoms with Crippen LogP contribution in [-0.2, 0) is 15.5 Å². The van der Waals surface area contributed by atoms with Crippen molar-refractivity contribution in [2.75, 3.05) is 0 Å². The molecule has 0 aliphatic heterocycles. The van der Waals surface area contributed by atoms with E-state index in [1.165, 1.54) is 0 Å². The molecule has 1 aromatic heterocycles. The second kappa shape index (κ2) is 4.00. The number of hydrogen-bond donors (Lipinski definition) is 0. The molecule has 1 aliphatic rings. The first-order chi connectivity index (χ1) is 7.45. The highest BCUT2D eigenvalue weighted by atomic mass is 35.7. The number of nitrogens with zero attached hydrogens (tertiary/aromatic N) is 1. The minimum absolute atomic E-state index is 0.615. The van der Waals surface area contributed by atoms with Crippen LogP contribution < -0.4 is 0 Å². The first-order valence-electron chi connectivity index (χ1n) is 5.28. The zero-order chi connectivity index (χ0) is 11.8. The fourth-order valence-corrected chi connectivity index (χ4v) is 3.53. The molecule has 16 heavy (non-hydrogen) atoms. The molecule has 0 aromatic carbocycles.